The van der Waals surface area contributed by atoms with E-state index in [0.717, 1.165) is 12.0 Å². The highest BCUT2D eigenvalue weighted by Gasteiger charge is 2.26. The molecule has 0 aliphatic heterocycles. The van der Waals surface area contributed by atoms with E-state index in [1.807, 2.05) is 31.2 Å². The second-order valence-electron chi connectivity index (χ2n) is 6.75. The van der Waals surface area contributed by atoms with Crippen LogP contribution in [0.4, 0.5) is 0 Å². The average molecular weight is 437 g/mol. The zero-order chi connectivity index (χ0) is 21.4. The van der Waals surface area contributed by atoms with Gasteiger partial charge in [-0.25, -0.2) is 0 Å². The second-order valence-corrected chi connectivity index (χ2v) is 7.60. The van der Waals surface area contributed by atoms with Gasteiger partial charge in [0.1, 0.15) is 11.8 Å². The maximum absolute atomic E-state index is 13.2. The first kappa shape index (κ1) is 23.0. The Kier molecular flexibility index (Phi) is 8.80. The van der Waals surface area contributed by atoms with E-state index in [0.29, 0.717) is 27.9 Å². The molecule has 156 valence electrons. The number of carbonyl (C=O) groups excluding carboxylic acids is 2. The summed E-state index contributed by atoms with van der Waals surface area (Å²) in [5, 5.41) is 3.79. The summed E-state index contributed by atoms with van der Waals surface area (Å²) in [5.74, 6) is 0.306. The van der Waals surface area contributed by atoms with Gasteiger partial charge in [0.25, 0.3) is 0 Å². The lowest BCUT2D eigenvalue weighted by Crippen LogP contribution is -2.48. The zero-order valence-electron chi connectivity index (χ0n) is 16.9. The van der Waals surface area contributed by atoms with Crippen LogP contribution < -0.4 is 10.1 Å². The summed E-state index contributed by atoms with van der Waals surface area (Å²) in [7, 11) is 1.59. The van der Waals surface area contributed by atoms with Crippen molar-refractivity contribution >= 4 is 35.0 Å². The summed E-state index contributed by atoms with van der Waals surface area (Å²) in [6.45, 7) is 4.55. The van der Waals surface area contributed by atoms with Crippen LogP contribution in [0, 0.1) is 0 Å². The fraction of sp³-hybridized carbons (Fsp3) is 0.364. The van der Waals surface area contributed by atoms with Crippen LogP contribution in [0.3, 0.4) is 0 Å². The largest absolute Gasteiger partial charge is 0.497 e. The Labute approximate surface area is 181 Å². The fourth-order valence-corrected chi connectivity index (χ4v) is 3.35. The number of nitrogens with zero attached hydrogens (tertiary/aromatic N) is 1. The number of nitrogens with one attached hydrogen (secondary N) is 1. The van der Waals surface area contributed by atoms with E-state index in [1.165, 1.54) is 0 Å². The molecule has 0 unspecified atom stereocenters. The molecule has 2 amide bonds. The highest BCUT2D eigenvalue weighted by atomic mass is 35.5. The van der Waals surface area contributed by atoms with Gasteiger partial charge in [-0.1, -0.05) is 48.3 Å². The van der Waals surface area contributed by atoms with Crippen molar-refractivity contribution in [3.63, 3.8) is 0 Å². The maximum atomic E-state index is 13.2. The number of hydrogen-bond donors (Lipinski definition) is 1. The molecule has 2 rings (SSSR count). The minimum absolute atomic E-state index is 0.0748. The SMILES string of the molecule is CCCNC(=O)[C@H](C)N(Cc1cccc(OC)c1)C(=O)Cc1ccc(Cl)cc1Cl. The Bertz CT molecular complexity index is 858. The Morgan fingerprint density at radius 1 is 1.17 bits per heavy atom. The van der Waals surface area contributed by atoms with Crippen molar-refractivity contribution in [1.29, 1.82) is 0 Å². The van der Waals surface area contributed by atoms with E-state index in [1.54, 1.807) is 37.1 Å². The smallest absolute Gasteiger partial charge is 0.242 e. The quantitative estimate of drug-likeness (QED) is 0.629. The fourth-order valence-electron chi connectivity index (χ4n) is 2.88. The number of halogens is 2. The van der Waals surface area contributed by atoms with Crippen LogP contribution in [0.2, 0.25) is 10.0 Å². The van der Waals surface area contributed by atoms with E-state index in [4.69, 9.17) is 27.9 Å². The van der Waals surface area contributed by atoms with Crippen molar-refractivity contribution < 1.29 is 14.3 Å². The van der Waals surface area contributed by atoms with Gasteiger partial charge in [-0.15, -0.1) is 0 Å². The third-order valence-corrected chi connectivity index (χ3v) is 5.15. The first-order chi connectivity index (χ1) is 13.8. The van der Waals surface area contributed by atoms with Crippen molar-refractivity contribution in [2.75, 3.05) is 13.7 Å². The highest BCUT2D eigenvalue weighted by molar-refractivity contribution is 6.35. The molecule has 0 aliphatic rings. The van der Waals surface area contributed by atoms with Crippen LogP contribution in [-0.4, -0.2) is 36.4 Å². The summed E-state index contributed by atoms with van der Waals surface area (Å²) >= 11 is 12.2. The molecule has 0 bridgehead atoms. The van der Waals surface area contributed by atoms with Crippen molar-refractivity contribution in [2.24, 2.45) is 0 Å². The highest BCUT2D eigenvalue weighted by Crippen LogP contribution is 2.23. The van der Waals surface area contributed by atoms with Crippen molar-refractivity contribution in [1.82, 2.24) is 10.2 Å². The van der Waals surface area contributed by atoms with Gasteiger partial charge in [0.15, 0.2) is 0 Å². The molecule has 29 heavy (non-hydrogen) atoms. The summed E-state index contributed by atoms with van der Waals surface area (Å²) in [4.78, 5) is 27.3. The first-order valence-electron chi connectivity index (χ1n) is 9.49. The van der Waals surface area contributed by atoms with Gasteiger partial charge in [-0.05, 0) is 48.7 Å². The lowest BCUT2D eigenvalue weighted by Gasteiger charge is -2.29. The number of amides is 2. The predicted octanol–water partition coefficient (Wildman–Crippen LogP) is 4.49. The monoisotopic (exact) mass is 436 g/mol. The Hall–Kier alpha value is -2.24. The van der Waals surface area contributed by atoms with Gasteiger partial charge in [0.2, 0.25) is 11.8 Å². The Morgan fingerprint density at radius 2 is 1.93 bits per heavy atom. The van der Waals surface area contributed by atoms with Gasteiger partial charge in [-0.2, -0.15) is 0 Å². The van der Waals surface area contributed by atoms with E-state index in [2.05, 4.69) is 5.32 Å². The van der Waals surface area contributed by atoms with Crippen LogP contribution in [-0.2, 0) is 22.6 Å². The molecule has 2 aromatic carbocycles. The second kappa shape index (κ2) is 11.1. The number of ether oxygens (including phenoxy) is 1. The average Bonchev–Trinajstić information content (AvgIpc) is 2.71. The van der Waals surface area contributed by atoms with Gasteiger partial charge in [-0.3, -0.25) is 9.59 Å². The van der Waals surface area contributed by atoms with Gasteiger partial charge < -0.3 is 15.0 Å². The van der Waals surface area contributed by atoms with E-state index < -0.39 is 6.04 Å². The van der Waals surface area contributed by atoms with Gasteiger partial charge in [0, 0.05) is 23.1 Å². The molecule has 1 N–H and O–H groups in total. The molecule has 1 atom stereocenters. The summed E-state index contributed by atoms with van der Waals surface area (Å²) in [6, 6.07) is 11.8. The zero-order valence-corrected chi connectivity index (χ0v) is 18.4. The molecule has 0 saturated heterocycles. The predicted molar refractivity (Wildman–Crippen MR) is 116 cm³/mol. The van der Waals surface area contributed by atoms with Crippen molar-refractivity contribution in [2.45, 2.75) is 39.3 Å². The normalized spacial score (nSPS) is 11.6. The molecule has 0 heterocycles. The van der Waals surface area contributed by atoms with Gasteiger partial charge >= 0.3 is 0 Å². The van der Waals surface area contributed by atoms with Gasteiger partial charge in [0.05, 0.1) is 13.5 Å². The Morgan fingerprint density at radius 3 is 2.59 bits per heavy atom. The molecule has 0 aromatic heterocycles. The van der Waals surface area contributed by atoms with Crippen LogP contribution in [0.15, 0.2) is 42.5 Å². The molecule has 7 heteroatoms. The number of methoxy groups -OCH3 is 1. The number of benzene rings is 2. The van der Waals surface area contributed by atoms with E-state index in [9.17, 15) is 9.59 Å². The maximum Gasteiger partial charge on any atom is 0.242 e. The van der Waals surface area contributed by atoms with Crippen molar-refractivity contribution in [3.8, 4) is 5.75 Å². The lowest BCUT2D eigenvalue weighted by molar-refractivity contribution is -0.140. The van der Waals surface area contributed by atoms with Crippen molar-refractivity contribution in [3.05, 3.63) is 63.6 Å². The third-order valence-electron chi connectivity index (χ3n) is 4.56. The summed E-state index contributed by atoms with van der Waals surface area (Å²) < 4.78 is 5.27. The number of carbonyl (C=O) groups is 2. The van der Waals surface area contributed by atoms with E-state index >= 15 is 0 Å². The molecule has 0 fully saturated rings. The molecule has 0 radical (unpaired) electrons. The Balaban J connectivity index is 2.26. The summed E-state index contributed by atoms with van der Waals surface area (Å²) in [5.41, 5.74) is 1.54. The van der Waals surface area contributed by atoms with Crippen LogP contribution in [0.1, 0.15) is 31.4 Å². The third kappa shape index (κ3) is 6.65. The van der Waals surface area contributed by atoms with E-state index in [-0.39, 0.29) is 24.8 Å². The topological polar surface area (TPSA) is 58.6 Å². The number of hydrogen-bond acceptors (Lipinski definition) is 3. The standard InChI is InChI=1S/C22H26Cl2N2O3/c1-4-10-25-22(28)15(2)26(14-16-6-5-7-19(11-16)29-3)21(27)12-17-8-9-18(23)13-20(17)24/h5-9,11,13,15H,4,10,12,14H2,1-3H3,(H,25,28)/t15-/m0/s1. The number of rotatable bonds is 9. The van der Waals surface area contributed by atoms with Crippen LogP contribution >= 0.6 is 23.2 Å². The minimum atomic E-state index is -0.633. The summed E-state index contributed by atoms with van der Waals surface area (Å²) in [6.07, 6.45) is 0.897. The lowest BCUT2D eigenvalue weighted by atomic mass is 10.1. The molecular weight excluding hydrogens is 411 g/mol. The molecule has 0 saturated carbocycles. The van der Waals surface area contributed by atoms with Crippen LogP contribution in [0.25, 0.3) is 0 Å². The molecule has 0 aliphatic carbocycles. The molecule has 5 nitrogen and oxygen atoms in total. The van der Waals surface area contributed by atoms with Crippen LogP contribution in [0.5, 0.6) is 5.75 Å². The first-order valence-corrected chi connectivity index (χ1v) is 10.2. The molecule has 0 spiro atoms. The molecule has 2 aromatic rings. The molecular formula is C22H26Cl2N2O3. The minimum Gasteiger partial charge on any atom is -0.497 e.